The van der Waals surface area contributed by atoms with Crippen molar-refractivity contribution in [2.45, 2.75) is 38.3 Å². The average molecular weight is 235 g/mol. The summed E-state index contributed by atoms with van der Waals surface area (Å²) in [5.74, 6) is 0.946. The fourth-order valence-electron chi connectivity index (χ4n) is 2.27. The van der Waals surface area contributed by atoms with Gasteiger partial charge in [0.1, 0.15) is 5.82 Å². The maximum absolute atomic E-state index is 9.20. The van der Waals surface area contributed by atoms with Gasteiger partial charge in [-0.05, 0) is 32.3 Å². The number of hydrogen-bond acceptors (Lipinski definition) is 4. The van der Waals surface area contributed by atoms with Crippen molar-refractivity contribution in [2.24, 2.45) is 5.73 Å². The summed E-state index contributed by atoms with van der Waals surface area (Å²) in [6, 6.07) is 4.44. The van der Waals surface area contributed by atoms with Gasteiger partial charge in [0, 0.05) is 30.4 Å². The van der Waals surface area contributed by atoms with E-state index in [1.54, 1.807) is 6.20 Å². The Balaban J connectivity index is 2.27. The fraction of sp³-hybridized carbons (Fsp3) is 0.615. The lowest BCUT2D eigenvalue weighted by Gasteiger charge is -2.39. The van der Waals surface area contributed by atoms with Crippen LogP contribution in [0.5, 0.6) is 0 Å². The second-order valence-electron chi connectivity index (χ2n) is 4.71. The topological polar surface area (TPSA) is 62.4 Å². The summed E-state index contributed by atoms with van der Waals surface area (Å²) >= 11 is 0. The maximum atomic E-state index is 9.20. The van der Waals surface area contributed by atoms with E-state index in [9.17, 15) is 5.11 Å². The van der Waals surface area contributed by atoms with Gasteiger partial charge in [-0.3, -0.25) is 0 Å². The van der Waals surface area contributed by atoms with Crippen molar-refractivity contribution >= 4 is 5.82 Å². The van der Waals surface area contributed by atoms with E-state index in [2.05, 4.69) is 9.88 Å². The van der Waals surface area contributed by atoms with Gasteiger partial charge in [0.15, 0.2) is 0 Å². The Bertz CT molecular complexity index is 363. The van der Waals surface area contributed by atoms with Crippen LogP contribution >= 0.6 is 0 Å². The highest BCUT2D eigenvalue weighted by Crippen LogP contribution is 2.31. The molecule has 0 aromatic carbocycles. The standard InChI is InChI=1S/C13H21N3O/c1-10(14)12-6-3-7-15-13(12)16(8-9-17)11-4-2-5-11/h3,6-7,10-11,17H,2,4-5,8-9,14H2,1H3. The van der Waals surface area contributed by atoms with Crippen molar-refractivity contribution < 1.29 is 5.11 Å². The van der Waals surface area contributed by atoms with Crippen LogP contribution < -0.4 is 10.6 Å². The van der Waals surface area contributed by atoms with Crippen molar-refractivity contribution in [1.29, 1.82) is 0 Å². The summed E-state index contributed by atoms with van der Waals surface area (Å²) in [7, 11) is 0. The van der Waals surface area contributed by atoms with Crippen LogP contribution in [0.25, 0.3) is 0 Å². The first-order valence-electron chi connectivity index (χ1n) is 6.32. The van der Waals surface area contributed by atoms with E-state index in [4.69, 9.17) is 5.73 Å². The molecule has 0 spiro atoms. The molecule has 1 aliphatic carbocycles. The Morgan fingerprint density at radius 2 is 2.35 bits per heavy atom. The number of aliphatic hydroxyl groups excluding tert-OH is 1. The van der Waals surface area contributed by atoms with Gasteiger partial charge in [0.25, 0.3) is 0 Å². The minimum Gasteiger partial charge on any atom is -0.395 e. The number of anilines is 1. The Kier molecular flexibility index (Phi) is 3.97. The highest BCUT2D eigenvalue weighted by molar-refractivity contribution is 5.49. The van der Waals surface area contributed by atoms with E-state index >= 15 is 0 Å². The van der Waals surface area contributed by atoms with E-state index in [1.807, 2.05) is 19.1 Å². The molecule has 1 saturated carbocycles. The van der Waals surface area contributed by atoms with Crippen LogP contribution in [0.15, 0.2) is 18.3 Å². The molecule has 1 fully saturated rings. The lowest BCUT2D eigenvalue weighted by molar-refractivity contribution is 0.282. The van der Waals surface area contributed by atoms with Gasteiger partial charge in [-0.2, -0.15) is 0 Å². The largest absolute Gasteiger partial charge is 0.395 e. The van der Waals surface area contributed by atoms with E-state index in [0.717, 1.165) is 11.4 Å². The lowest BCUT2D eigenvalue weighted by atomic mass is 9.91. The second kappa shape index (κ2) is 5.47. The molecule has 0 amide bonds. The molecule has 1 aromatic heterocycles. The molecular weight excluding hydrogens is 214 g/mol. The average Bonchev–Trinajstić information content (AvgIpc) is 2.26. The quantitative estimate of drug-likeness (QED) is 0.811. The number of hydrogen-bond donors (Lipinski definition) is 2. The normalized spacial score (nSPS) is 17.6. The molecule has 1 aliphatic rings. The van der Waals surface area contributed by atoms with Crippen LogP contribution in [0.1, 0.15) is 37.8 Å². The SMILES string of the molecule is CC(N)c1cccnc1N(CCO)C1CCC1. The molecule has 0 radical (unpaired) electrons. The van der Waals surface area contributed by atoms with Crippen LogP contribution in [0.4, 0.5) is 5.82 Å². The van der Waals surface area contributed by atoms with Crippen LogP contribution in [0.2, 0.25) is 0 Å². The monoisotopic (exact) mass is 235 g/mol. The van der Waals surface area contributed by atoms with Crippen molar-refractivity contribution in [3.63, 3.8) is 0 Å². The van der Waals surface area contributed by atoms with Gasteiger partial charge in [0.2, 0.25) is 0 Å². The van der Waals surface area contributed by atoms with E-state index in [0.29, 0.717) is 12.6 Å². The first-order chi connectivity index (χ1) is 8.24. The molecule has 1 heterocycles. The summed E-state index contributed by atoms with van der Waals surface area (Å²) in [5, 5.41) is 9.20. The predicted octanol–water partition coefficient (Wildman–Crippen LogP) is 1.45. The number of aliphatic hydroxyl groups is 1. The molecule has 1 unspecified atom stereocenters. The van der Waals surface area contributed by atoms with Crippen molar-refractivity contribution in [3.8, 4) is 0 Å². The molecule has 4 heteroatoms. The summed E-state index contributed by atoms with van der Waals surface area (Å²) in [6.45, 7) is 2.77. The molecule has 3 N–H and O–H groups in total. The summed E-state index contributed by atoms with van der Waals surface area (Å²) in [5.41, 5.74) is 7.04. The summed E-state index contributed by atoms with van der Waals surface area (Å²) < 4.78 is 0. The van der Waals surface area contributed by atoms with Crippen molar-refractivity contribution in [1.82, 2.24) is 4.98 Å². The number of pyridine rings is 1. The maximum Gasteiger partial charge on any atom is 0.133 e. The Hall–Kier alpha value is -1.13. The van der Waals surface area contributed by atoms with E-state index in [-0.39, 0.29) is 12.6 Å². The first kappa shape index (κ1) is 12.3. The van der Waals surface area contributed by atoms with Crippen LogP contribution in [-0.4, -0.2) is 29.3 Å². The third-order valence-electron chi connectivity index (χ3n) is 3.44. The van der Waals surface area contributed by atoms with Crippen molar-refractivity contribution in [2.75, 3.05) is 18.1 Å². The zero-order valence-corrected chi connectivity index (χ0v) is 10.3. The molecule has 2 rings (SSSR count). The number of nitrogens with two attached hydrogens (primary N) is 1. The molecule has 1 atom stereocenters. The Labute approximate surface area is 102 Å². The minimum absolute atomic E-state index is 0.0278. The smallest absolute Gasteiger partial charge is 0.133 e. The molecule has 1 aromatic rings. The van der Waals surface area contributed by atoms with Gasteiger partial charge in [-0.1, -0.05) is 6.07 Å². The minimum atomic E-state index is -0.0278. The van der Waals surface area contributed by atoms with Gasteiger partial charge in [-0.15, -0.1) is 0 Å². The zero-order valence-electron chi connectivity index (χ0n) is 10.3. The molecule has 0 aliphatic heterocycles. The van der Waals surface area contributed by atoms with Crippen LogP contribution in [0.3, 0.4) is 0 Å². The Morgan fingerprint density at radius 3 is 2.88 bits per heavy atom. The lowest BCUT2D eigenvalue weighted by Crippen LogP contribution is -2.43. The van der Waals surface area contributed by atoms with E-state index in [1.165, 1.54) is 19.3 Å². The molecule has 0 bridgehead atoms. The van der Waals surface area contributed by atoms with Crippen LogP contribution in [0, 0.1) is 0 Å². The second-order valence-corrected chi connectivity index (χ2v) is 4.71. The molecule has 17 heavy (non-hydrogen) atoms. The molecule has 0 saturated heterocycles. The van der Waals surface area contributed by atoms with E-state index < -0.39 is 0 Å². The predicted molar refractivity (Wildman–Crippen MR) is 68.9 cm³/mol. The Morgan fingerprint density at radius 1 is 1.59 bits per heavy atom. The van der Waals surface area contributed by atoms with Crippen molar-refractivity contribution in [3.05, 3.63) is 23.9 Å². The van der Waals surface area contributed by atoms with Crippen LogP contribution in [-0.2, 0) is 0 Å². The highest BCUT2D eigenvalue weighted by atomic mass is 16.3. The molecule has 4 nitrogen and oxygen atoms in total. The number of nitrogens with zero attached hydrogens (tertiary/aromatic N) is 2. The summed E-state index contributed by atoms with van der Waals surface area (Å²) in [4.78, 5) is 6.67. The molecule has 94 valence electrons. The van der Waals surface area contributed by atoms with Gasteiger partial charge in [0.05, 0.1) is 6.61 Å². The fourth-order valence-corrected chi connectivity index (χ4v) is 2.27. The number of aromatic nitrogens is 1. The zero-order chi connectivity index (χ0) is 12.3. The highest BCUT2D eigenvalue weighted by Gasteiger charge is 2.27. The first-order valence-corrected chi connectivity index (χ1v) is 6.32. The van der Waals surface area contributed by atoms with Gasteiger partial charge < -0.3 is 15.7 Å². The third kappa shape index (κ3) is 2.58. The van der Waals surface area contributed by atoms with Gasteiger partial charge in [-0.25, -0.2) is 4.98 Å². The summed E-state index contributed by atoms with van der Waals surface area (Å²) in [6.07, 6.45) is 5.45. The number of rotatable bonds is 5. The van der Waals surface area contributed by atoms with Gasteiger partial charge >= 0.3 is 0 Å². The third-order valence-corrected chi connectivity index (χ3v) is 3.44. The molecular formula is C13H21N3O.